The van der Waals surface area contributed by atoms with Crippen LogP contribution in [0.25, 0.3) is 6.08 Å². The van der Waals surface area contributed by atoms with Crippen LogP contribution in [-0.4, -0.2) is 24.2 Å². The lowest BCUT2D eigenvalue weighted by atomic mass is 10.2. The van der Waals surface area contributed by atoms with Gasteiger partial charge in [-0.3, -0.25) is 0 Å². The first-order valence-corrected chi connectivity index (χ1v) is 6.95. The van der Waals surface area contributed by atoms with Gasteiger partial charge in [0.25, 0.3) is 0 Å². The van der Waals surface area contributed by atoms with E-state index in [0.717, 1.165) is 0 Å². The zero-order chi connectivity index (χ0) is 16.8. The number of para-hydroxylation sites is 1. The van der Waals surface area contributed by atoms with Crippen LogP contribution in [0.5, 0.6) is 11.5 Å². The first-order valence-electron chi connectivity index (χ1n) is 6.57. The average molecular weight is 333 g/mol. The van der Waals surface area contributed by atoms with Gasteiger partial charge in [0.1, 0.15) is 17.1 Å². The van der Waals surface area contributed by atoms with Crippen molar-refractivity contribution in [3.8, 4) is 11.5 Å². The van der Waals surface area contributed by atoms with E-state index in [2.05, 4.69) is 0 Å². The Balaban J connectivity index is 2.17. The van der Waals surface area contributed by atoms with Gasteiger partial charge in [-0.1, -0.05) is 29.8 Å². The second-order valence-electron chi connectivity index (χ2n) is 4.44. The Hall–Kier alpha value is -2.79. The lowest BCUT2D eigenvalue weighted by molar-refractivity contribution is -0.128. The summed E-state index contributed by atoms with van der Waals surface area (Å²) >= 11 is 5.74. The smallest absolute Gasteiger partial charge is 0.339 e. The molecule has 0 atom stereocenters. The second kappa shape index (κ2) is 7.47. The van der Waals surface area contributed by atoms with Crippen LogP contribution in [0.1, 0.15) is 15.9 Å². The van der Waals surface area contributed by atoms with E-state index in [0.29, 0.717) is 11.3 Å². The third-order valence-corrected chi connectivity index (χ3v) is 3.16. The van der Waals surface area contributed by atoms with E-state index in [1.54, 1.807) is 24.3 Å². The second-order valence-corrected chi connectivity index (χ2v) is 4.88. The molecule has 0 radical (unpaired) electrons. The Morgan fingerprint density at radius 2 is 1.87 bits per heavy atom. The lowest BCUT2D eigenvalue weighted by Crippen LogP contribution is -2.08. The summed E-state index contributed by atoms with van der Waals surface area (Å²) in [6.45, 7) is 0. The predicted octanol–water partition coefficient (Wildman–Crippen LogP) is 3.67. The van der Waals surface area contributed by atoms with E-state index < -0.39 is 11.9 Å². The van der Waals surface area contributed by atoms with Crippen LogP contribution in [0.2, 0.25) is 5.02 Å². The van der Waals surface area contributed by atoms with E-state index in [4.69, 9.17) is 26.2 Å². The number of hydrogen-bond acceptors (Lipinski definition) is 4. The maximum absolute atomic E-state index is 11.9. The van der Waals surface area contributed by atoms with Gasteiger partial charge >= 0.3 is 11.9 Å². The van der Waals surface area contributed by atoms with Gasteiger partial charge in [-0.05, 0) is 30.3 Å². The van der Waals surface area contributed by atoms with Crippen molar-refractivity contribution in [2.75, 3.05) is 7.11 Å². The molecular weight excluding hydrogens is 320 g/mol. The van der Waals surface area contributed by atoms with Crippen LogP contribution in [0.4, 0.5) is 0 Å². The Labute approximate surface area is 137 Å². The number of benzene rings is 2. The van der Waals surface area contributed by atoms with Gasteiger partial charge < -0.3 is 14.6 Å². The van der Waals surface area contributed by atoms with Crippen LogP contribution in [0, 0.1) is 0 Å². The van der Waals surface area contributed by atoms with E-state index in [1.807, 2.05) is 0 Å². The van der Waals surface area contributed by atoms with E-state index >= 15 is 0 Å². The summed E-state index contributed by atoms with van der Waals surface area (Å²) in [6.07, 6.45) is 2.72. The van der Waals surface area contributed by atoms with Gasteiger partial charge in [0.15, 0.2) is 0 Å². The fourth-order valence-electron chi connectivity index (χ4n) is 1.86. The summed E-state index contributed by atoms with van der Waals surface area (Å²) in [7, 11) is 1.53. The maximum atomic E-state index is 11.9. The first kappa shape index (κ1) is 16.6. The van der Waals surface area contributed by atoms with Gasteiger partial charge in [0.05, 0.1) is 7.11 Å². The van der Waals surface area contributed by atoms with Crippen molar-refractivity contribution in [2.45, 2.75) is 0 Å². The topological polar surface area (TPSA) is 72.8 Å². The highest BCUT2D eigenvalue weighted by Gasteiger charge is 2.14. The minimum atomic E-state index is -1.23. The molecule has 0 heterocycles. The molecule has 0 bridgehead atoms. The van der Waals surface area contributed by atoms with Crippen LogP contribution >= 0.6 is 11.6 Å². The highest BCUT2D eigenvalue weighted by Crippen LogP contribution is 2.23. The highest BCUT2D eigenvalue weighted by molar-refractivity contribution is 6.31. The molecule has 118 valence electrons. The van der Waals surface area contributed by atoms with Crippen molar-refractivity contribution >= 4 is 29.6 Å². The van der Waals surface area contributed by atoms with Gasteiger partial charge in [0, 0.05) is 16.7 Å². The molecule has 0 unspecified atom stereocenters. The Kier molecular flexibility index (Phi) is 5.38. The summed E-state index contributed by atoms with van der Waals surface area (Å²) in [5.41, 5.74) is 0.512. The number of esters is 1. The molecule has 0 spiro atoms. The number of methoxy groups -OCH3 is 1. The molecule has 0 saturated heterocycles. The molecule has 0 saturated carbocycles. The zero-order valence-electron chi connectivity index (χ0n) is 12.2. The number of carboxylic acids is 1. The lowest BCUT2D eigenvalue weighted by Gasteiger charge is -2.06. The number of halogens is 1. The molecule has 0 aliphatic heterocycles. The fourth-order valence-corrected chi connectivity index (χ4v) is 2.03. The highest BCUT2D eigenvalue weighted by atomic mass is 35.5. The maximum Gasteiger partial charge on any atom is 0.339 e. The number of rotatable bonds is 5. The third-order valence-electron chi connectivity index (χ3n) is 2.92. The van der Waals surface area contributed by atoms with E-state index in [1.165, 1.54) is 37.5 Å². The van der Waals surface area contributed by atoms with Crippen molar-refractivity contribution in [1.82, 2.24) is 0 Å². The fraction of sp³-hybridized carbons (Fsp3) is 0.0588. The molecule has 2 rings (SSSR count). The Bertz CT molecular complexity index is 767. The summed E-state index contributed by atoms with van der Waals surface area (Å²) in [5, 5.41) is 9.34. The average Bonchev–Trinajstić information content (AvgIpc) is 2.54. The number of carbonyl (C=O) groups excluding carboxylic acids is 1. The van der Waals surface area contributed by atoms with Crippen molar-refractivity contribution in [3.63, 3.8) is 0 Å². The van der Waals surface area contributed by atoms with Crippen molar-refractivity contribution in [2.24, 2.45) is 0 Å². The quantitative estimate of drug-likeness (QED) is 0.514. The zero-order valence-corrected chi connectivity index (χ0v) is 12.9. The summed E-state index contributed by atoms with van der Waals surface area (Å²) in [4.78, 5) is 23.0. The summed E-state index contributed by atoms with van der Waals surface area (Å²) < 4.78 is 10.2. The first-order chi connectivity index (χ1) is 11.0. The van der Waals surface area contributed by atoms with Gasteiger partial charge in [-0.25, -0.2) is 9.59 Å². The van der Waals surface area contributed by atoms with Gasteiger partial charge in [-0.2, -0.15) is 0 Å². The number of aromatic carboxylic acids is 1. The standard InChI is InChI=1S/C17H13ClO5/c1-22-14-5-3-2-4-11(14)6-9-16(19)23-15-8-7-12(18)10-13(15)17(20)21/h2-10H,1H3,(H,20,21)/b9-6+. The van der Waals surface area contributed by atoms with Crippen LogP contribution in [-0.2, 0) is 4.79 Å². The molecule has 0 fully saturated rings. The van der Waals surface area contributed by atoms with E-state index in [9.17, 15) is 9.59 Å². The number of carbonyl (C=O) groups is 2. The molecule has 23 heavy (non-hydrogen) atoms. The van der Waals surface area contributed by atoms with E-state index in [-0.39, 0.29) is 16.3 Å². The number of carboxylic acid groups (broad SMARTS) is 1. The van der Waals surface area contributed by atoms with Crippen LogP contribution in [0.15, 0.2) is 48.5 Å². The van der Waals surface area contributed by atoms with Crippen LogP contribution < -0.4 is 9.47 Å². The molecule has 0 aromatic heterocycles. The minimum Gasteiger partial charge on any atom is -0.496 e. The Morgan fingerprint density at radius 1 is 1.13 bits per heavy atom. The largest absolute Gasteiger partial charge is 0.496 e. The molecule has 2 aromatic rings. The van der Waals surface area contributed by atoms with Gasteiger partial charge in [-0.15, -0.1) is 0 Å². The van der Waals surface area contributed by atoms with Crippen LogP contribution in [0.3, 0.4) is 0 Å². The number of ether oxygens (including phenoxy) is 2. The molecule has 1 N–H and O–H groups in total. The predicted molar refractivity (Wildman–Crippen MR) is 86.1 cm³/mol. The molecule has 2 aromatic carbocycles. The molecular formula is C17H13ClO5. The van der Waals surface area contributed by atoms with Crippen molar-refractivity contribution < 1.29 is 24.2 Å². The Morgan fingerprint density at radius 3 is 2.57 bits per heavy atom. The third kappa shape index (κ3) is 4.34. The molecule has 0 amide bonds. The SMILES string of the molecule is COc1ccccc1/C=C/C(=O)Oc1ccc(Cl)cc1C(=O)O. The minimum absolute atomic E-state index is 0.0726. The number of hydrogen-bond donors (Lipinski definition) is 1. The molecule has 5 nitrogen and oxygen atoms in total. The molecule has 0 aliphatic rings. The van der Waals surface area contributed by atoms with Crippen molar-refractivity contribution in [1.29, 1.82) is 0 Å². The molecule has 6 heteroatoms. The monoisotopic (exact) mass is 332 g/mol. The molecule has 0 aliphatic carbocycles. The summed E-state index contributed by atoms with van der Waals surface area (Å²) in [6, 6.07) is 11.1. The van der Waals surface area contributed by atoms with Crippen molar-refractivity contribution in [3.05, 3.63) is 64.7 Å². The summed E-state index contributed by atoms with van der Waals surface area (Å²) in [5.74, 6) is -1.41. The van der Waals surface area contributed by atoms with Gasteiger partial charge in [0.2, 0.25) is 0 Å². The normalized spacial score (nSPS) is 10.5.